The van der Waals surface area contributed by atoms with Crippen molar-refractivity contribution in [2.45, 2.75) is 23.9 Å². The van der Waals surface area contributed by atoms with Crippen LogP contribution in [0, 0.1) is 6.92 Å². The molecule has 0 aromatic heterocycles. The van der Waals surface area contributed by atoms with Crippen LogP contribution in [-0.2, 0) is 16.7 Å². The van der Waals surface area contributed by atoms with E-state index in [2.05, 4.69) is 0 Å². The van der Waals surface area contributed by atoms with Gasteiger partial charge in [-0.15, -0.1) is 0 Å². The molecule has 4 nitrogen and oxygen atoms in total. The van der Waals surface area contributed by atoms with Crippen molar-refractivity contribution in [1.82, 2.24) is 0 Å². The summed E-state index contributed by atoms with van der Waals surface area (Å²) in [6, 6.07) is 15.5. The minimum absolute atomic E-state index is 0.0375. The lowest BCUT2D eigenvalue weighted by Crippen LogP contribution is -2.83. The highest BCUT2D eigenvalue weighted by Crippen LogP contribution is 2.29. The number of benzene rings is 2. The molecule has 26 heavy (non-hydrogen) atoms. The first-order chi connectivity index (χ1) is 12.1. The van der Waals surface area contributed by atoms with Gasteiger partial charge in [-0.3, -0.25) is 0 Å². The number of alkyl halides is 3. The standard InChI is InChI=1S/C10H12F3NS.C7H8O3S/c11-10(12,13)15-7-6-14-8-9-4-2-1-3-5-9;1-6-2-4-7(5-3-6)11(8,9)10/h1-5,14H,6-8H2;2-5H,1H3,(H,8,9,10). The molecule has 0 amide bonds. The van der Waals surface area contributed by atoms with E-state index in [9.17, 15) is 26.1 Å². The van der Waals surface area contributed by atoms with Crippen LogP contribution in [0.1, 0.15) is 11.1 Å². The van der Waals surface area contributed by atoms with Gasteiger partial charge in [0.2, 0.25) is 0 Å². The zero-order valence-electron chi connectivity index (χ0n) is 14.1. The van der Waals surface area contributed by atoms with E-state index in [4.69, 9.17) is 0 Å². The molecule has 0 aliphatic rings. The molecule has 2 N–H and O–H groups in total. The van der Waals surface area contributed by atoms with Crippen LogP contribution in [0.4, 0.5) is 13.2 Å². The Hall–Kier alpha value is -1.55. The minimum Gasteiger partial charge on any atom is -0.744 e. The number of aryl methyl sites for hydroxylation is 1. The molecule has 0 aliphatic carbocycles. The van der Waals surface area contributed by atoms with Gasteiger partial charge in [-0.25, -0.2) is 8.42 Å². The second-order valence-corrected chi connectivity index (χ2v) is 7.87. The summed E-state index contributed by atoms with van der Waals surface area (Å²) in [5.41, 5.74) is -2.03. The fourth-order valence-corrected chi connectivity index (χ4v) is 2.83. The van der Waals surface area contributed by atoms with Gasteiger partial charge >= 0.3 is 5.51 Å². The second kappa shape index (κ2) is 10.6. The third kappa shape index (κ3) is 10.4. The van der Waals surface area contributed by atoms with Crippen molar-refractivity contribution in [2.75, 3.05) is 12.3 Å². The maximum atomic E-state index is 11.8. The Bertz CT molecular complexity index is 749. The highest BCUT2D eigenvalue weighted by molar-refractivity contribution is 8.00. The Morgan fingerprint density at radius 3 is 2.12 bits per heavy atom. The van der Waals surface area contributed by atoms with Gasteiger partial charge in [-0.2, -0.15) is 13.2 Å². The smallest absolute Gasteiger partial charge is 0.442 e. The van der Waals surface area contributed by atoms with E-state index in [0.29, 0.717) is 6.54 Å². The molecule has 9 heteroatoms. The summed E-state index contributed by atoms with van der Waals surface area (Å²) in [5, 5.41) is 1.88. The molecule has 0 saturated carbocycles. The zero-order valence-corrected chi connectivity index (χ0v) is 15.7. The molecule has 0 spiro atoms. The summed E-state index contributed by atoms with van der Waals surface area (Å²) in [5.74, 6) is 0.107. The maximum Gasteiger partial charge on any atom is 0.442 e. The van der Waals surface area contributed by atoms with E-state index in [1.807, 2.05) is 42.6 Å². The SMILES string of the molecule is Cc1ccc(S(=O)(=O)[O-])cc1.FC(F)(F)SCC[NH2+]Cc1ccccc1. The van der Waals surface area contributed by atoms with Crippen molar-refractivity contribution in [3.05, 3.63) is 65.7 Å². The largest absolute Gasteiger partial charge is 0.744 e. The van der Waals surface area contributed by atoms with E-state index >= 15 is 0 Å². The summed E-state index contributed by atoms with van der Waals surface area (Å²) in [7, 11) is -4.27. The molecule has 0 fully saturated rings. The number of quaternary nitrogens is 1. The fourth-order valence-electron chi connectivity index (χ4n) is 1.85. The monoisotopic (exact) mass is 407 g/mol. The van der Waals surface area contributed by atoms with Crippen molar-refractivity contribution in [1.29, 1.82) is 0 Å². The Balaban J connectivity index is 0.000000273. The summed E-state index contributed by atoms with van der Waals surface area (Å²) in [6.45, 7) is 3.04. The molecular weight excluding hydrogens is 387 g/mol. The second-order valence-electron chi connectivity index (χ2n) is 5.33. The number of nitrogens with two attached hydrogens (primary N) is 1. The molecule has 0 radical (unpaired) electrons. The highest BCUT2D eigenvalue weighted by atomic mass is 32.2. The topological polar surface area (TPSA) is 73.8 Å². The molecule has 2 aromatic carbocycles. The van der Waals surface area contributed by atoms with Gasteiger partial charge in [0.25, 0.3) is 0 Å². The van der Waals surface area contributed by atoms with Crippen LogP contribution in [-0.4, -0.2) is 30.8 Å². The molecule has 0 heterocycles. The predicted molar refractivity (Wildman–Crippen MR) is 94.6 cm³/mol. The molecule has 0 unspecified atom stereocenters. The van der Waals surface area contributed by atoms with Gasteiger partial charge in [-0.05, 0) is 30.8 Å². The van der Waals surface area contributed by atoms with E-state index in [0.717, 1.165) is 17.7 Å². The van der Waals surface area contributed by atoms with E-state index in [1.165, 1.54) is 12.1 Å². The number of hydrogen-bond donors (Lipinski definition) is 1. The van der Waals surface area contributed by atoms with Crippen LogP contribution in [0.5, 0.6) is 0 Å². The first-order valence-corrected chi connectivity index (χ1v) is 10.1. The van der Waals surface area contributed by atoms with Crippen LogP contribution in [0.15, 0.2) is 59.5 Å². The van der Waals surface area contributed by atoms with Crippen LogP contribution >= 0.6 is 11.8 Å². The average molecular weight is 407 g/mol. The van der Waals surface area contributed by atoms with Gasteiger partial charge < -0.3 is 9.87 Å². The van der Waals surface area contributed by atoms with Crippen LogP contribution < -0.4 is 5.32 Å². The average Bonchev–Trinajstić information content (AvgIpc) is 2.55. The Labute approximate surface area is 155 Å². The van der Waals surface area contributed by atoms with Gasteiger partial charge in [0.1, 0.15) is 16.7 Å². The van der Waals surface area contributed by atoms with Gasteiger partial charge in [0.05, 0.1) is 17.2 Å². The maximum absolute atomic E-state index is 11.8. The Kier molecular flexibility index (Phi) is 9.14. The van der Waals surface area contributed by atoms with E-state index in [1.54, 1.807) is 12.1 Å². The first kappa shape index (κ1) is 22.5. The fraction of sp³-hybridized carbons (Fsp3) is 0.294. The van der Waals surface area contributed by atoms with Crippen molar-refractivity contribution < 1.29 is 31.5 Å². The van der Waals surface area contributed by atoms with Gasteiger partial charge in [-0.1, -0.05) is 48.0 Å². The van der Waals surface area contributed by atoms with Crippen molar-refractivity contribution in [3.63, 3.8) is 0 Å². The quantitative estimate of drug-likeness (QED) is 0.590. The highest BCUT2D eigenvalue weighted by Gasteiger charge is 2.27. The molecule has 0 saturated heterocycles. The van der Waals surface area contributed by atoms with Gasteiger partial charge in [0, 0.05) is 5.56 Å². The molecule has 0 bridgehead atoms. The number of thioether (sulfide) groups is 1. The first-order valence-electron chi connectivity index (χ1n) is 7.67. The van der Waals surface area contributed by atoms with E-state index < -0.39 is 15.6 Å². The summed E-state index contributed by atoms with van der Waals surface area (Å²) in [4.78, 5) is -0.178. The molecule has 0 atom stereocenters. The Morgan fingerprint density at radius 1 is 1.04 bits per heavy atom. The molecule has 2 rings (SSSR count). The summed E-state index contributed by atoms with van der Waals surface area (Å²) in [6.07, 6.45) is 0. The molecule has 2 aromatic rings. The number of hydrogen-bond acceptors (Lipinski definition) is 4. The lowest BCUT2D eigenvalue weighted by atomic mass is 10.2. The predicted octanol–water partition coefficient (Wildman–Crippen LogP) is 2.90. The normalized spacial score (nSPS) is 11.6. The third-order valence-corrected chi connectivity index (χ3v) is 4.74. The van der Waals surface area contributed by atoms with Crippen LogP contribution in [0.3, 0.4) is 0 Å². The summed E-state index contributed by atoms with van der Waals surface area (Å²) >= 11 is 0.0375. The van der Waals surface area contributed by atoms with Gasteiger partial charge in [0.15, 0.2) is 0 Å². The van der Waals surface area contributed by atoms with Crippen molar-refractivity contribution in [2.24, 2.45) is 0 Å². The van der Waals surface area contributed by atoms with Crippen molar-refractivity contribution >= 4 is 21.9 Å². The molecule has 144 valence electrons. The minimum atomic E-state index is -4.27. The lowest BCUT2D eigenvalue weighted by molar-refractivity contribution is -0.666. The lowest BCUT2D eigenvalue weighted by Gasteiger charge is -2.05. The van der Waals surface area contributed by atoms with Crippen molar-refractivity contribution in [3.8, 4) is 0 Å². The summed E-state index contributed by atoms with van der Waals surface area (Å²) < 4.78 is 66.4. The molecular formula is C17H20F3NO3S2. The third-order valence-electron chi connectivity index (χ3n) is 3.12. The number of halogens is 3. The zero-order chi connectivity index (χ0) is 19.6. The van der Waals surface area contributed by atoms with E-state index in [-0.39, 0.29) is 22.4 Å². The number of rotatable bonds is 6. The van der Waals surface area contributed by atoms with Crippen LogP contribution in [0.2, 0.25) is 0 Å². The Morgan fingerprint density at radius 2 is 1.62 bits per heavy atom. The van der Waals surface area contributed by atoms with Crippen LogP contribution in [0.25, 0.3) is 0 Å². The molecule has 0 aliphatic heterocycles.